The molecule has 1 saturated carbocycles. The van der Waals surface area contributed by atoms with E-state index < -0.39 is 17.8 Å². The van der Waals surface area contributed by atoms with E-state index in [2.05, 4.69) is 10.6 Å². The van der Waals surface area contributed by atoms with E-state index >= 15 is 0 Å². The Balaban J connectivity index is 1.83. The van der Waals surface area contributed by atoms with E-state index in [4.69, 9.17) is 14.2 Å². The van der Waals surface area contributed by atoms with Gasteiger partial charge < -0.3 is 24.8 Å². The van der Waals surface area contributed by atoms with E-state index in [1.807, 2.05) is 51.1 Å². The average molecular weight is 378 g/mol. The number of rotatable bonds is 5. The number of carbonyl (C=O) groups is 2. The van der Waals surface area contributed by atoms with Gasteiger partial charge in [0, 0.05) is 13.2 Å². The SMILES string of the molecule is CO[C@H]1CC[C@H](NC(=O)OCc2ccccc2)C[C@@H]1NC(=O)OC(C)(C)C. The second-order valence-corrected chi connectivity index (χ2v) is 7.74. The molecule has 3 atom stereocenters. The van der Waals surface area contributed by atoms with Gasteiger partial charge in [-0.25, -0.2) is 9.59 Å². The summed E-state index contributed by atoms with van der Waals surface area (Å²) in [6.45, 7) is 5.66. The van der Waals surface area contributed by atoms with E-state index in [1.165, 1.54) is 0 Å². The van der Waals surface area contributed by atoms with Crippen molar-refractivity contribution in [3.8, 4) is 0 Å². The van der Waals surface area contributed by atoms with Gasteiger partial charge in [0.1, 0.15) is 12.2 Å². The van der Waals surface area contributed by atoms with E-state index in [-0.39, 0.29) is 24.8 Å². The standard InChI is InChI=1S/C20H30N2O5/c1-20(2,3)27-19(24)22-16-12-15(10-11-17(16)25-4)21-18(23)26-13-14-8-6-5-7-9-14/h5-9,15-17H,10-13H2,1-4H3,(H,21,23)(H,22,24)/t15-,16-,17-/m0/s1. The Morgan fingerprint density at radius 2 is 1.78 bits per heavy atom. The van der Waals surface area contributed by atoms with E-state index in [0.29, 0.717) is 6.42 Å². The van der Waals surface area contributed by atoms with Crippen LogP contribution in [-0.4, -0.2) is 43.1 Å². The molecule has 0 aromatic heterocycles. The molecule has 0 spiro atoms. The summed E-state index contributed by atoms with van der Waals surface area (Å²) in [5.74, 6) is 0. The van der Waals surface area contributed by atoms with Crippen LogP contribution in [-0.2, 0) is 20.8 Å². The van der Waals surface area contributed by atoms with Crippen LogP contribution in [0, 0.1) is 0 Å². The quantitative estimate of drug-likeness (QED) is 0.820. The molecule has 1 aliphatic carbocycles. The highest BCUT2D eigenvalue weighted by Gasteiger charge is 2.33. The summed E-state index contributed by atoms with van der Waals surface area (Å²) >= 11 is 0. The van der Waals surface area contributed by atoms with Crippen LogP contribution >= 0.6 is 0 Å². The highest BCUT2D eigenvalue weighted by molar-refractivity contribution is 5.69. The van der Waals surface area contributed by atoms with Crippen molar-refractivity contribution in [3.63, 3.8) is 0 Å². The third-order valence-electron chi connectivity index (χ3n) is 4.33. The van der Waals surface area contributed by atoms with Crippen molar-refractivity contribution in [2.24, 2.45) is 0 Å². The zero-order valence-electron chi connectivity index (χ0n) is 16.5. The van der Waals surface area contributed by atoms with Crippen LogP contribution < -0.4 is 10.6 Å². The molecule has 0 heterocycles. The maximum absolute atomic E-state index is 12.1. The molecule has 7 nitrogen and oxygen atoms in total. The summed E-state index contributed by atoms with van der Waals surface area (Å²) < 4.78 is 16.1. The lowest BCUT2D eigenvalue weighted by molar-refractivity contribution is 0.0160. The molecule has 2 rings (SSSR count). The van der Waals surface area contributed by atoms with Crippen LogP contribution in [0.15, 0.2) is 30.3 Å². The third-order valence-corrected chi connectivity index (χ3v) is 4.33. The zero-order chi connectivity index (χ0) is 19.9. The van der Waals surface area contributed by atoms with Gasteiger partial charge in [0.25, 0.3) is 0 Å². The zero-order valence-corrected chi connectivity index (χ0v) is 16.5. The molecule has 0 unspecified atom stereocenters. The van der Waals surface area contributed by atoms with Gasteiger partial charge in [0.2, 0.25) is 0 Å². The summed E-state index contributed by atoms with van der Waals surface area (Å²) in [5.41, 5.74) is 0.362. The third kappa shape index (κ3) is 7.46. The molecule has 2 N–H and O–H groups in total. The van der Waals surface area contributed by atoms with Crippen LogP contribution in [0.5, 0.6) is 0 Å². The first-order valence-corrected chi connectivity index (χ1v) is 9.26. The Labute approximate surface area is 160 Å². The largest absolute Gasteiger partial charge is 0.445 e. The molecule has 0 aliphatic heterocycles. The summed E-state index contributed by atoms with van der Waals surface area (Å²) in [7, 11) is 1.62. The van der Waals surface area contributed by atoms with E-state index in [1.54, 1.807) is 7.11 Å². The van der Waals surface area contributed by atoms with Crippen molar-refractivity contribution in [1.29, 1.82) is 0 Å². The first-order chi connectivity index (χ1) is 12.8. The Bertz CT molecular complexity index is 615. The number of benzene rings is 1. The van der Waals surface area contributed by atoms with Crippen molar-refractivity contribution in [1.82, 2.24) is 10.6 Å². The molecule has 1 aliphatic rings. The van der Waals surface area contributed by atoms with Crippen LogP contribution in [0.25, 0.3) is 0 Å². The van der Waals surface area contributed by atoms with Gasteiger partial charge in [-0.1, -0.05) is 30.3 Å². The number of hydrogen-bond acceptors (Lipinski definition) is 5. The van der Waals surface area contributed by atoms with Crippen molar-refractivity contribution >= 4 is 12.2 Å². The number of amides is 2. The minimum Gasteiger partial charge on any atom is -0.445 e. The van der Waals surface area contributed by atoms with Crippen molar-refractivity contribution in [3.05, 3.63) is 35.9 Å². The molecule has 7 heteroatoms. The predicted octanol–water partition coefficient (Wildman–Crippen LogP) is 3.37. The molecule has 0 bridgehead atoms. The fourth-order valence-electron chi connectivity index (χ4n) is 3.10. The number of carbonyl (C=O) groups excluding carboxylic acids is 2. The second kappa shape index (κ2) is 9.60. The fourth-order valence-corrected chi connectivity index (χ4v) is 3.10. The molecule has 1 aromatic carbocycles. The summed E-state index contributed by atoms with van der Waals surface area (Å²) in [6.07, 6.45) is 0.970. The Hall–Kier alpha value is -2.28. The number of ether oxygens (including phenoxy) is 3. The molecular formula is C20H30N2O5. The number of nitrogens with one attached hydrogen (secondary N) is 2. The van der Waals surface area contributed by atoms with Gasteiger partial charge in [-0.15, -0.1) is 0 Å². The van der Waals surface area contributed by atoms with Gasteiger partial charge in [0.05, 0.1) is 12.1 Å². The summed E-state index contributed by atoms with van der Waals surface area (Å²) in [5, 5.41) is 5.74. The topological polar surface area (TPSA) is 85.9 Å². The van der Waals surface area contributed by atoms with Crippen LogP contribution in [0.4, 0.5) is 9.59 Å². The smallest absolute Gasteiger partial charge is 0.407 e. The molecule has 1 aromatic rings. The highest BCUT2D eigenvalue weighted by atomic mass is 16.6. The maximum atomic E-state index is 12.1. The Morgan fingerprint density at radius 3 is 2.41 bits per heavy atom. The van der Waals surface area contributed by atoms with E-state index in [9.17, 15) is 9.59 Å². The van der Waals surface area contributed by atoms with Gasteiger partial charge >= 0.3 is 12.2 Å². The van der Waals surface area contributed by atoms with Crippen molar-refractivity contribution in [2.45, 2.75) is 70.4 Å². The van der Waals surface area contributed by atoms with Gasteiger partial charge in [-0.2, -0.15) is 0 Å². The fraction of sp³-hybridized carbons (Fsp3) is 0.600. The molecule has 1 fully saturated rings. The normalized spacial score (nSPS) is 22.6. The van der Waals surface area contributed by atoms with Crippen molar-refractivity contribution < 1.29 is 23.8 Å². The molecule has 27 heavy (non-hydrogen) atoms. The monoisotopic (exact) mass is 378 g/mol. The molecular weight excluding hydrogens is 348 g/mol. The lowest BCUT2D eigenvalue weighted by Crippen LogP contribution is -2.53. The van der Waals surface area contributed by atoms with Gasteiger partial charge in [-0.05, 0) is 45.6 Å². The average Bonchev–Trinajstić information content (AvgIpc) is 2.59. The Kier molecular flexibility index (Phi) is 7.47. The lowest BCUT2D eigenvalue weighted by Gasteiger charge is -2.36. The highest BCUT2D eigenvalue weighted by Crippen LogP contribution is 2.22. The number of hydrogen-bond donors (Lipinski definition) is 2. The lowest BCUT2D eigenvalue weighted by atomic mass is 9.88. The minimum atomic E-state index is -0.569. The summed E-state index contributed by atoms with van der Waals surface area (Å²) in [6, 6.07) is 9.17. The Morgan fingerprint density at radius 1 is 1.07 bits per heavy atom. The number of alkyl carbamates (subject to hydrolysis) is 2. The molecule has 2 amide bonds. The first kappa shape index (κ1) is 21.0. The maximum Gasteiger partial charge on any atom is 0.407 e. The molecule has 150 valence electrons. The van der Waals surface area contributed by atoms with Gasteiger partial charge in [-0.3, -0.25) is 0 Å². The van der Waals surface area contributed by atoms with E-state index in [0.717, 1.165) is 18.4 Å². The summed E-state index contributed by atoms with van der Waals surface area (Å²) in [4.78, 5) is 24.2. The second-order valence-electron chi connectivity index (χ2n) is 7.74. The van der Waals surface area contributed by atoms with Gasteiger partial charge in [0.15, 0.2) is 0 Å². The minimum absolute atomic E-state index is 0.0976. The first-order valence-electron chi connectivity index (χ1n) is 9.26. The number of methoxy groups -OCH3 is 1. The van der Waals surface area contributed by atoms with Crippen LogP contribution in [0.1, 0.15) is 45.6 Å². The van der Waals surface area contributed by atoms with Crippen molar-refractivity contribution in [2.75, 3.05) is 7.11 Å². The van der Waals surface area contributed by atoms with Crippen LogP contribution in [0.2, 0.25) is 0 Å². The predicted molar refractivity (Wildman–Crippen MR) is 101 cm³/mol. The molecule has 0 saturated heterocycles. The van der Waals surface area contributed by atoms with Crippen LogP contribution in [0.3, 0.4) is 0 Å². The molecule has 0 radical (unpaired) electrons.